The molecule has 0 spiro atoms. The molecule has 0 fully saturated rings. The minimum Gasteiger partial charge on any atom is -0.311 e. The van der Waals surface area contributed by atoms with Crippen molar-refractivity contribution < 1.29 is 13.2 Å². The molecule has 1 aromatic heterocycles. The number of likely N-dealkylation sites (N-methyl/N-ethyl adjacent to an activating group) is 1. The summed E-state index contributed by atoms with van der Waals surface area (Å²) < 4.78 is 30.5. The molecule has 194 valence electrons. The fraction of sp³-hybridized carbons (Fsp3) is 0.200. The van der Waals surface area contributed by atoms with Gasteiger partial charge in [-0.15, -0.1) is 11.3 Å². The summed E-state index contributed by atoms with van der Waals surface area (Å²) in [5, 5.41) is 2.53. The third-order valence-electron chi connectivity index (χ3n) is 6.54. The molecule has 1 amide bonds. The lowest BCUT2D eigenvalue weighted by Crippen LogP contribution is -2.38. The van der Waals surface area contributed by atoms with E-state index < -0.39 is 16.1 Å². The molecular weight excluding hydrogens is 514 g/mol. The quantitative estimate of drug-likeness (QED) is 0.252. The van der Waals surface area contributed by atoms with Crippen LogP contribution in [0.3, 0.4) is 0 Å². The second-order valence-corrected chi connectivity index (χ2v) is 12.5. The summed E-state index contributed by atoms with van der Waals surface area (Å²) in [7, 11) is -2.27. The number of carbonyl (C=O) groups excluding carboxylic acids is 1. The number of hydrogen-bond donors (Lipinski definition) is 0. The molecule has 38 heavy (non-hydrogen) atoms. The molecule has 0 unspecified atom stereocenters. The molecule has 0 bridgehead atoms. The number of amides is 1. The highest BCUT2D eigenvalue weighted by Crippen LogP contribution is 2.40. The van der Waals surface area contributed by atoms with Gasteiger partial charge in [-0.1, -0.05) is 74.5 Å². The van der Waals surface area contributed by atoms with Gasteiger partial charge in [-0.05, 0) is 41.3 Å². The van der Waals surface area contributed by atoms with Crippen LogP contribution in [0.2, 0.25) is 0 Å². The first kappa shape index (κ1) is 26.0. The molecule has 0 saturated heterocycles. The zero-order chi connectivity index (χ0) is 26.9. The zero-order valence-electron chi connectivity index (χ0n) is 21.5. The van der Waals surface area contributed by atoms with Crippen molar-refractivity contribution >= 4 is 44.6 Å². The number of sulfonamides is 1. The van der Waals surface area contributed by atoms with Crippen LogP contribution in [0, 0.1) is 5.92 Å². The van der Waals surface area contributed by atoms with Crippen molar-refractivity contribution in [2.45, 2.75) is 24.8 Å². The fourth-order valence-electron chi connectivity index (χ4n) is 4.79. The van der Waals surface area contributed by atoms with Crippen molar-refractivity contribution in [3.05, 3.63) is 112 Å². The van der Waals surface area contributed by atoms with Gasteiger partial charge >= 0.3 is 0 Å². The first-order chi connectivity index (χ1) is 18.3. The zero-order valence-corrected chi connectivity index (χ0v) is 23.1. The summed E-state index contributed by atoms with van der Waals surface area (Å²) in [5.41, 5.74) is 3.49. The van der Waals surface area contributed by atoms with Crippen molar-refractivity contribution in [1.29, 1.82) is 0 Å². The molecule has 3 aromatic carbocycles. The van der Waals surface area contributed by atoms with Crippen LogP contribution >= 0.6 is 11.3 Å². The van der Waals surface area contributed by atoms with E-state index in [4.69, 9.17) is 0 Å². The van der Waals surface area contributed by atoms with Crippen molar-refractivity contribution in [3.63, 3.8) is 0 Å². The lowest BCUT2D eigenvalue weighted by Gasteiger charge is -2.33. The SMILES string of the molecule is CC(C)CN(C(c1ccccc1)c1ccccc1)S(=O)(=O)c1ccc2c(c1)/C(=C\c1nccs1)C(=O)N2C. The second kappa shape index (κ2) is 10.6. The van der Waals surface area contributed by atoms with Gasteiger partial charge in [-0.3, -0.25) is 4.79 Å². The van der Waals surface area contributed by atoms with Crippen LogP contribution in [0.15, 0.2) is 95.3 Å². The van der Waals surface area contributed by atoms with E-state index in [2.05, 4.69) is 4.98 Å². The van der Waals surface area contributed by atoms with Gasteiger partial charge in [0.05, 0.1) is 22.2 Å². The Bertz CT molecular complexity index is 1530. The summed E-state index contributed by atoms with van der Waals surface area (Å²) in [4.78, 5) is 19.1. The van der Waals surface area contributed by atoms with Crippen LogP contribution in [0.5, 0.6) is 0 Å². The van der Waals surface area contributed by atoms with E-state index in [0.29, 0.717) is 28.4 Å². The highest BCUT2D eigenvalue weighted by molar-refractivity contribution is 7.89. The van der Waals surface area contributed by atoms with Crippen LogP contribution < -0.4 is 4.90 Å². The monoisotopic (exact) mass is 543 g/mol. The molecule has 0 N–H and O–H groups in total. The average Bonchev–Trinajstić information content (AvgIpc) is 3.52. The predicted molar refractivity (Wildman–Crippen MR) is 153 cm³/mol. The highest BCUT2D eigenvalue weighted by atomic mass is 32.2. The van der Waals surface area contributed by atoms with Gasteiger partial charge in [-0.2, -0.15) is 4.31 Å². The van der Waals surface area contributed by atoms with Crippen molar-refractivity contribution in [3.8, 4) is 0 Å². The molecule has 2 heterocycles. The standard InChI is InChI=1S/C30H29N3O3S2/c1-21(2)20-33(29(22-10-6-4-7-11-22)23-12-8-5-9-13-23)38(35,36)24-14-15-27-25(18-24)26(30(34)32(27)3)19-28-31-16-17-37-28/h4-19,21,29H,20H2,1-3H3/b26-19+. The number of thiazole rings is 1. The molecule has 1 aliphatic heterocycles. The van der Waals surface area contributed by atoms with E-state index in [0.717, 1.165) is 11.1 Å². The van der Waals surface area contributed by atoms with Crippen LogP contribution in [-0.4, -0.2) is 37.2 Å². The summed E-state index contributed by atoms with van der Waals surface area (Å²) in [6, 6.07) is 23.9. The van der Waals surface area contributed by atoms with E-state index in [1.165, 1.54) is 11.3 Å². The maximum atomic E-state index is 14.4. The van der Waals surface area contributed by atoms with E-state index in [1.54, 1.807) is 46.7 Å². The normalized spacial score (nSPS) is 14.7. The fourth-order valence-corrected chi connectivity index (χ4v) is 7.15. The lowest BCUT2D eigenvalue weighted by molar-refractivity contribution is -0.112. The topological polar surface area (TPSA) is 70.6 Å². The molecular formula is C30H29N3O3S2. The Kier molecular flexibility index (Phi) is 7.29. The third-order valence-corrected chi connectivity index (χ3v) is 9.09. The first-order valence-electron chi connectivity index (χ1n) is 12.4. The molecule has 6 nitrogen and oxygen atoms in total. The van der Waals surface area contributed by atoms with Crippen LogP contribution in [0.1, 0.15) is 41.6 Å². The van der Waals surface area contributed by atoms with Gasteiger partial charge in [0.2, 0.25) is 10.0 Å². The molecule has 0 aliphatic carbocycles. The maximum Gasteiger partial charge on any atom is 0.258 e. The lowest BCUT2D eigenvalue weighted by atomic mass is 9.98. The molecule has 1 aliphatic rings. The highest BCUT2D eigenvalue weighted by Gasteiger charge is 2.37. The maximum absolute atomic E-state index is 14.4. The number of hydrogen-bond acceptors (Lipinski definition) is 5. The van der Waals surface area contributed by atoms with Gasteiger partial charge in [0.15, 0.2) is 0 Å². The Morgan fingerprint density at radius 2 is 1.61 bits per heavy atom. The Morgan fingerprint density at radius 3 is 2.16 bits per heavy atom. The van der Waals surface area contributed by atoms with Gasteiger partial charge < -0.3 is 4.90 Å². The van der Waals surface area contributed by atoms with Crippen LogP contribution in [-0.2, 0) is 14.8 Å². The molecule has 0 radical (unpaired) electrons. The van der Waals surface area contributed by atoms with Crippen molar-refractivity contribution in [2.75, 3.05) is 18.5 Å². The number of rotatable bonds is 8. The predicted octanol–water partition coefficient (Wildman–Crippen LogP) is 6.10. The molecule has 5 rings (SSSR count). The van der Waals surface area contributed by atoms with Crippen LogP contribution in [0.4, 0.5) is 5.69 Å². The minimum absolute atomic E-state index is 0.0854. The molecule has 4 aromatic rings. The van der Waals surface area contributed by atoms with Crippen molar-refractivity contribution in [2.24, 2.45) is 5.92 Å². The third kappa shape index (κ3) is 4.95. The van der Waals surface area contributed by atoms with Gasteiger partial charge in [0.1, 0.15) is 5.01 Å². The largest absolute Gasteiger partial charge is 0.311 e. The van der Waals surface area contributed by atoms with E-state index in [9.17, 15) is 13.2 Å². The average molecular weight is 544 g/mol. The summed E-state index contributed by atoms with van der Waals surface area (Å²) >= 11 is 1.42. The van der Waals surface area contributed by atoms with Gasteiger partial charge in [-0.25, -0.2) is 13.4 Å². The Labute approximate surface area is 227 Å². The molecule has 8 heteroatoms. The van der Waals surface area contributed by atoms with Crippen molar-refractivity contribution in [1.82, 2.24) is 9.29 Å². The number of fused-ring (bicyclic) bond motifs is 1. The summed E-state index contributed by atoms with van der Waals surface area (Å²) in [5.74, 6) is -0.0996. The van der Waals surface area contributed by atoms with Gasteiger partial charge in [0, 0.05) is 30.7 Å². The smallest absolute Gasteiger partial charge is 0.258 e. The van der Waals surface area contributed by atoms with E-state index in [-0.39, 0.29) is 16.7 Å². The summed E-state index contributed by atoms with van der Waals surface area (Å²) in [6.45, 7) is 4.36. The number of nitrogens with zero attached hydrogens (tertiary/aromatic N) is 3. The Hall–Kier alpha value is -3.59. The van der Waals surface area contributed by atoms with E-state index in [1.807, 2.05) is 79.9 Å². The summed E-state index contributed by atoms with van der Waals surface area (Å²) in [6.07, 6.45) is 3.41. The number of anilines is 1. The number of benzene rings is 3. The molecule has 0 saturated carbocycles. The number of aromatic nitrogens is 1. The molecule has 0 atom stereocenters. The Balaban J connectivity index is 1.65. The van der Waals surface area contributed by atoms with E-state index >= 15 is 0 Å². The first-order valence-corrected chi connectivity index (χ1v) is 14.7. The second-order valence-electron chi connectivity index (χ2n) is 9.66. The minimum atomic E-state index is -3.97. The number of carbonyl (C=O) groups is 1. The van der Waals surface area contributed by atoms with Gasteiger partial charge in [0.25, 0.3) is 5.91 Å². The van der Waals surface area contributed by atoms with Crippen LogP contribution in [0.25, 0.3) is 11.6 Å². The Morgan fingerprint density at radius 1 is 0.974 bits per heavy atom.